The maximum Gasteiger partial charge on any atom is 0.311 e. The van der Waals surface area contributed by atoms with E-state index in [-0.39, 0.29) is 30.1 Å². The van der Waals surface area contributed by atoms with Crippen molar-refractivity contribution >= 4 is 5.97 Å². The molecule has 3 fully saturated rings. The minimum atomic E-state index is -1.41. The van der Waals surface area contributed by atoms with E-state index in [0.29, 0.717) is 38.8 Å². The summed E-state index contributed by atoms with van der Waals surface area (Å²) in [4.78, 5) is 15.6. The Morgan fingerprint density at radius 2 is 1.78 bits per heavy atom. The van der Waals surface area contributed by atoms with E-state index in [0.717, 1.165) is 0 Å². The number of ether oxygens (including phenoxy) is 5. The summed E-state index contributed by atoms with van der Waals surface area (Å²) in [5.41, 5.74) is -3.08. The van der Waals surface area contributed by atoms with Crippen molar-refractivity contribution in [3.63, 3.8) is 0 Å². The highest BCUT2D eigenvalue weighted by Crippen LogP contribution is 2.54. The average Bonchev–Trinajstić information content (AvgIpc) is 3.69. The van der Waals surface area contributed by atoms with Gasteiger partial charge in [-0.3, -0.25) is 4.79 Å². The van der Waals surface area contributed by atoms with E-state index in [1.165, 1.54) is 0 Å². The number of rotatable bonds is 10. The fourth-order valence-electron chi connectivity index (χ4n) is 8.36. The number of aliphatic hydroxyl groups excluding tert-OH is 2. The summed E-state index contributed by atoms with van der Waals surface area (Å²) in [6, 6.07) is -0.189. The maximum absolute atomic E-state index is 13.7. The zero-order chi connectivity index (χ0) is 34.8. The van der Waals surface area contributed by atoms with Crippen LogP contribution in [0.1, 0.15) is 81.1 Å². The molecule has 0 bridgehead atoms. The lowest BCUT2D eigenvalue weighted by molar-refractivity contribution is -0.301. The predicted molar refractivity (Wildman–Crippen MR) is 176 cm³/mol. The summed E-state index contributed by atoms with van der Waals surface area (Å²) >= 11 is 0. The molecule has 0 aromatic heterocycles. The number of carbonyl (C=O) groups is 1. The number of methoxy groups -OCH3 is 1. The number of hydrogen-bond acceptors (Lipinski definition) is 11. The largest absolute Gasteiger partial charge is 0.459 e. The van der Waals surface area contributed by atoms with Crippen LogP contribution in [0.2, 0.25) is 0 Å². The Kier molecular flexibility index (Phi) is 13.3. The van der Waals surface area contributed by atoms with Gasteiger partial charge >= 0.3 is 5.97 Å². The van der Waals surface area contributed by atoms with Crippen molar-refractivity contribution in [1.29, 1.82) is 0 Å². The second-order valence-electron chi connectivity index (χ2n) is 15.1. The molecule has 3 aliphatic heterocycles. The van der Waals surface area contributed by atoms with Crippen molar-refractivity contribution in [2.45, 2.75) is 147 Å². The molecule has 0 aliphatic carbocycles. The van der Waals surface area contributed by atoms with Gasteiger partial charge in [-0.2, -0.15) is 0 Å². The fraction of sp³-hybridized carbons (Fsp3) is 0.914. The van der Waals surface area contributed by atoms with E-state index >= 15 is 0 Å². The number of cyclic esters (lactones) is 1. The molecule has 46 heavy (non-hydrogen) atoms. The smallest absolute Gasteiger partial charge is 0.311 e. The molecule has 3 saturated heterocycles. The number of aliphatic hydroxyl groups is 3. The first-order valence-corrected chi connectivity index (χ1v) is 17.2. The normalized spacial score (nSPS) is 47.5. The minimum Gasteiger partial charge on any atom is -0.459 e. The number of fused-ring (bicyclic) bond motifs is 1. The molecule has 3 rings (SSSR count). The lowest BCUT2D eigenvalue weighted by atomic mass is 9.69. The Balaban J connectivity index is 2.06. The number of esters is 1. The Hall–Kier alpha value is -1.15. The van der Waals surface area contributed by atoms with Crippen LogP contribution in [0.25, 0.3) is 0 Å². The van der Waals surface area contributed by atoms with Gasteiger partial charge in [0.25, 0.3) is 0 Å². The van der Waals surface area contributed by atoms with Crippen molar-refractivity contribution < 1.29 is 43.8 Å². The summed E-state index contributed by atoms with van der Waals surface area (Å²) in [5.74, 6) is -2.60. The molecule has 0 spiro atoms. The first-order chi connectivity index (χ1) is 21.4. The molecule has 3 aliphatic rings. The molecule has 0 saturated carbocycles. The molecule has 0 aromatic carbocycles. The monoisotopic (exact) mass is 656 g/mol. The van der Waals surface area contributed by atoms with Gasteiger partial charge in [0.05, 0.1) is 41.5 Å². The van der Waals surface area contributed by atoms with Gasteiger partial charge in [-0.25, -0.2) is 0 Å². The third kappa shape index (κ3) is 8.17. The van der Waals surface area contributed by atoms with Gasteiger partial charge < -0.3 is 49.2 Å². The molecule has 2 unspecified atom stereocenters. The van der Waals surface area contributed by atoms with Crippen molar-refractivity contribution in [3.05, 3.63) is 12.7 Å². The Bertz CT molecular complexity index is 1010. The molecule has 11 nitrogen and oxygen atoms in total. The topological polar surface area (TPSA) is 142 Å². The molecular formula is C35H64N2O9. The average molecular weight is 657 g/mol. The number of epoxide rings is 1. The molecule has 268 valence electrons. The fourth-order valence-corrected chi connectivity index (χ4v) is 8.36. The van der Waals surface area contributed by atoms with Gasteiger partial charge in [-0.1, -0.05) is 26.8 Å². The van der Waals surface area contributed by atoms with Crippen molar-refractivity contribution in [1.82, 2.24) is 10.2 Å². The van der Waals surface area contributed by atoms with Crippen molar-refractivity contribution in [2.24, 2.45) is 23.7 Å². The van der Waals surface area contributed by atoms with Crippen molar-refractivity contribution in [2.75, 3.05) is 34.3 Å². The second kappa shape index (κ2) is 15.6. The van der Waals surface area contributed by atoms with E-state index < -0.39 is 65.3 Å². The quantitative estimate of drug-likeness (QED) is 0.119. The highest BCUT2D eigenvalue weighted by molar-refractivity contribution is 5.73. The van der Waals surface area contributed by atoms with Crippen LogP contribution in [0, 0.1) is 23.7 Å². The third-order valence-electron chi connectivity index (χ3n) is 11.2. The SMILES string of the molecule is C=CCNCC[C@H]1C2(C)OC2[C@H](C)C[C@@](C)(OC)[C@H](O[C@@H]2O[C@H](C)C[C@H](N(C)C)[C@H]2O)[C@H](C)[C@@H](O)[C@@H](C)C(=O)O[C@H](CC)[C@@]1(C)O. The lowest BCUT2D eigenvalue weighted by Crippen LogP contribution is -2.60. The van der Waals surface area contributed by atoms with Crippen LogP contribution in [-0.4, -0.2) is 126 Å². The molecule has 4 N–H and O–H groups in total. The van der Waals surface area contributed by atoms with Crippen LogP contribution in [0.15, 0.2) is 12.7 Å². The van der Waals surface area contributed by atoms with E-state index in [1.54, 1.807) is 27.0 Å². The van der Waals surface area contributed by atoms with Gasteiger partial charge in [-0.05, 0) is 86.9 Å². The number of carbonyl (C=O) groups excluding carboxylic acids is 1. The van der Waals surface area contributed by atoms with Gasteiger partial charge in [0.2, 0.25) is 0 Å². The van der Waals surface area contributed by atoms with Crippen molar-refractivity contribution in [3.8, 4) is 0 Å². The summed E-state index contributed by atoms with van der Waals surface area (Å²) in [5, 5.41) is 38.6. The van der Waals surface area contributed by atoms with Crippen LogP contribution >= 0.6 is 0 Å². The predicted octanol–water partition coefficient (Wildman–Crippen LogP) is 2.89. The molecular weight excluding hydrogens is 592 g/mol. The summed E-state index contributed by atoms with van der Waals surface area (Å²) in [7, 11) is 5.45. The summed E-state index contributed by atoms with van der Waals surface area (Å²) < 4.78 is 31.7. The molecule has 3 heterocycles. The second-order valence-corrected chi connectivity index (χ2v) is 15.1. The molecule has 0 radical (unpaired) electrons. The summed E-state index contributed by atoms with van der Waals surface area (Å²) in [6.07, 6.45) is -1.20. The van der Waals surface area contributed by atoms with Crippen LogP contribution < -0.4 is 5.32 Å². The van der Waals surface area contributed by atoms with Gasteiger partial charge in [0.15, 0.2) is 6.29 Å². The number of nitrogens with one attached hydrogen (secondary N) is 1. The van der Waals surface area contributed by atoms with E-state index in [1.807, 2.05) is 53.6 Å². The van der Waals surface area contributed by atoms with Crippen LogP contribution in [0.3, 0.4) is 0 Å². The van der Waals surface area contributed by atoms with Gasteiger partial charge in [0, 0.05) is 31.5 Å². The molecule has 15 atom stereocenters. The number of nitrogens with zero attached hydrogens (tertiary/aromatic N) is 1. The highest BCUT2D eigenvalue weighted by Gasteiger charge is 2.65. The van der Waals surface area contributed by atoms with E-state index in [4.69, 9.17) is 23.7 Å². The van der Waals surface area contributed by atoms with Crippen LogP contribution in [0.5, 0.6) is 0 Å². The number of likely N-dealkylation sites (N-methyl/N-ethyl adjacent to an activating group) is 1. The van der Waals surface area contributed by atoms with Crippen LogP contribution in [0.4, 0.5) is 0 Å². The van der Waals surface area contributed by atoms with E-state index in [9.17, 15) is 20.1 Å². The standard InChI is InChI=1S/C35H64N2O9/c1-13-16-36-17-15-25-34(8,41)26(14-2)44-31(40)23(6)27(38)22(5)30(33(7,42-12)19-20(3)29-35(25,9)46-29)45-32-28(39)24(37(10)11)18-21(4)43-32/h13,20-30,32,36,38-39,41H,1,14-19H2,2-12H3/t20-,21-,22-,23-,24+,25-,26-,27-,28-,29?,30-,32+,33-,34+,35?/m1/s1. The zero-order valence-corrected chi connectivity index (χ0v) is 30.2. The third-order valence-corrected chi connectivity index (χ3v) is 11.2. The first-order valence-electron chi connectivity index (χ1n) is 17.2. The molecule has 11 heteroatoms. The first kappa shape index (κ1) is 39.3. The number of hydrogen-bond donors (Lipinski definition) is 4. The Labute approximate surface area is 277 Å². The Morgan fingerprint density at radius 3 is 2.35 bits per heavy atom. The molecule has 0 amide bonds. The Morgan fingerprint density at radius 1 is 1.13 bits per heavy atom. The lowest BCUT2D eigenvalue weighted by Gasteiger charge is -2.48. The molecule has 0 aromatic rings. The minimum absolute atomic E-state index is 0.0431. The maximum atomic E-state index is 13.7. The van der Waals surface area contributed by atoms with E-state index in [2.05, 4.69) is 18.8 Å². The van der Waals surface area contributed by atoms with Gasteiger partial charge in [0.1, 0.15) is 17.8 Å². The zero-order valence-electron chi connectivity index (χ0n) is 30.2. The van der Waals surface area contributed by atoms with Crippen LogP contribution in [-0.2, 0) is 28.5 Å². The summed E-state index contributed by atoms with van der Waals surface area (Å²) in [6.45, 7) is 20.1. The van der Waals surface area contributed by atoms with Gasteiger partial charge in [-0.15, -0.1) is 6.58 Å². The highest BCUT2D eigenvalue weighted by atomic mass is 16.7.